The van der Waals surface area contributed by atoms with Crippen LogP contribution in [0.2, 0.25) is 0 Å². The number of furan rings is 1. The highest BCUT2D eigenvalue weighted by atomic mass is 32.2. The van der Waals surface area contributed by atoms with Crippen molar-refractivity contribution >= 4 is 51.5 Å². The van der Waals surface area contributed by atoms with E-state index in [1.165, 1.54) is 17.8 Å². The van der Waals surface area contributed by atoms with Crippen LogP contribution in [0.5, 0.6) is 0 Å². The van der Waals surface area contributed by atoms with E-state index in [4.69, 9.17) is 9.52 Å². The Hall–Kier alpha value is -4.04. The van der Waals surface area contributed by atoms with Crippen molar-refractivity contribution in [2.24, 2.45) is 4.99 Å². The molecular formula is C26H21N3O4S. The lowest BCUT2D eigenvalue weighted by Gasteiger charge is -2.04. The van der Waals surface area contributed by atoms with Crippen molar-refractivity contribution in [1.82, 2.24) is 9.88 Å². The van der Waals surface area contributed by atoms with Gasteiger partial charge in [0.05, 0.1) is 17.1 Å². The quantitative estimate of drug-likeness (QED) is 0.375. The van der Waals surface area contributed by atoms with Gasteiger partial charge >= 0.3 is 5.97 Å². The number of nitrogens with zero attached hydrogens (tertiary/aromatic N) is 2. The van der Waals surface area contributed by atoms with Gasteiger partial charge in [0, 0.05) is 22.7 Å². The Morgan fingerprint density at radius 1 is 1.15 bits per heavy atom. The number of para-hydroxylation sites is 1. The molecule has 2 aromatic heterocycles. The number of fused-ring (bicyclic) bond motifs is 1. The summed E-state index contributed by atoms with van der Waals surface area (Å²) < 4.78 is 7.41. The van der Waals surface area contributed by atoms with Crippen molar-refractivity contribution in [3.63, 3.8) is 0 Å². The Morgan fingerprint density at radius 3 is 2.76 bits per heavy atom. The number of aryl methyl sites for hydroxylation is 1. The van der Waals surface area contributed by atoms with Gasteiger partial charge in [0.25, 0.3) is 5.91 Å². The van der Waals surface area contributed by atoms with Gasteiger partial charge in [-0.15, -0.1) is 0 Å². The SMILES string of the molecule is Cc1cccc(N=C2NC(=O)/C(=C/c3cn(Cc4ccc(C(=O)O)o4)c4ccccc34)S2)c1C. The van der Waals surface area contributed by atoms with E-state index in [0.29, 0.717) is 22.4 Å². The standard InChI is InChI=1S/C26H21N3O4S/c1-15-6-5-8-20(16(15)2)27-26-28-24(30)23(34-26)12-17-13-29(21-9-4-3-7-19(17)21)14-18-10-11-22(33-18)25(31)32/h3-13H,14H2,1-2H3,(H,31,32)(H,27,28,30)/b23-12-. The van der Waals surface area contributed by atoms with Crippen LogP contribution in [0.25, 0.3) is 17.0 Å². The minimum Gasteiger partial charge on any atom is -0.475 e. The summed E-state index contributed by atoms with van der Waals surface area (Å²) >= 11 is 1.31. The second-order valence-electron chi connectivity index (χ2n) is 8.00. The molecule has 2 aromatic carbocycles. The molecule has 3 heterocycles. The number of benzene rings is 2. The lowest BCUT2D eigenvalue weighted by molar-refractivity contribution is -0.115. The smallest absolute Gasteiger partial charge is 0.371 e. The summed E-state index contributed by atoms with van der Waals surface area (Å²) in [6.07, 6.45) is 3.80. The van der Waals surface area contributed by atoms with Crippen LogP contribution < -0.4 is 5.32 Å². The summed E-state index contributed by atoms with van der Waals surface area (Å²) in [6.45, 7) is 4.42. The predicted octanol–water partition coefficient (Wildman–Crippen LogP) is 5.49. The third kappa shape index (κ3) is 4.15. The van der Waals surface area contributed by atoms with E-state index in [2.05, 4.69) is 10.3 Å². The number of hydrogen-bond donors (Lipinski definition) is 2. The minimum absolute atomic E-state index is 0.0940. The molecule has 5 rings (SSSR count). The molecule has 1 aliphatic heterocycles. The van der Waals surface area contributed by atoms with E-state index in [9.17, 15) is 9.59 Å². The summed E-state index contributed by atoms with van der Waals surface area (Å²) in [7, 11) is 0. The molecule has 0 atom stereocenters. The minimum atomic E-state index is -1.10. The van der Waals surface area contributed by atoms with Crippen LogP contribution >= 0.6 is 11.8 Å². The number of amides is 1. The molecule has 7 nitrogen and oxygen atoms in total. The molecule has 0 aliphatic carbocycles. The van der Waals surface area contributed by atoms with Gasteiger partial charge in [-0.1, -0.05) is 30.3 Å². The molecule has 0 radical (unpaired) electrons. The molecule has 0 spiro atoms. The number of carbonyl (C=O) groups is 2. The maximum atomic E-state index is 12.7. The predicted molar refractivity (Wildman–Crippen MR) is 133 cm³/mol. The van der Waals surface area contributed by atoms with Crippen molar-refractivity contribution in [2.75, 3.05) is 0 Å². The van der Waals surface area contributed by atoms with Gasteiger partial charge in [0.1, 0.15) is 5.76 Å². The molecule has 1 saturated heterocycles. The summed E-state index contributed by atoms with van der Waals surface area (Å²) in [4.78, 5) is 29.0. The zero-order valence-corrected chi connectivity index (χ0v) is 19.3. The summed E-state index contributed by atoms with van der Waals surface area (Å²) in [5.41, 5.74) is 4.89. The molecule has 0 saturated carbocycles. The molecule has 0 unspecified atom stereocenters. The van der Waals surface area contributed by atoms with E-state index < -0.39 is 5.97 Å². The average molecular weight is 472 g/mol. The van der Waals surface area contributed by atoms with Gasteiger partial charge in [-0.25, -0.2) is 9.79 Å². The number of nitrogens with one attached hydrogen (secondary N) is 1. The zero-order chi connectivity index (χ0) is 23.8. The van der Waals surface area contributed by atoms with E-state index in [1.54, 1.807) is 6.07 Å². The molecule has 2 N–H and O–H groups in total. The zero-order valence-electron chi connectivity index (χ0n) is 18.5. The fraction of sp³-hybridized carbons (Fsp3) is 0.115. The van der Waals surface area contributed by atoms with Gasteiger partial charge in [-0.3, -0.25) is 4.79 Å². The number of aromatic nitrogens is 1. The highest BCUT2D eigenvalue weighted by Gasteiger charge is 2.25. The Balaban J connectivity index is 1.47. The number of thioether (sulfide) groups is 1. The maximum Gasteiger partial charge on any atom is 0.371 e. The van der Waals surface area contributed by atoms with Crippen molar-refractivity contribution in [2.45, 2.75) is 20.4 Å². The number of amidine groups is 1. The molecular weight excluding hydrogens is 450 g/mol. The third-order valence-corrected chi connectivity index (χ3v) is 6.66. The first kappa shape index (κ1) is 21.8. The number of aromatic carboxylic acids is 1. The Labute approximate surface area is 199 Å². The second-order valence-corrected chi connectivity index (χ2v) is 9.03. The van der Waals surface area contributed by atoms with Crippen LogP contribution in [0.4, 0.5) is 5.69 Å². The fourth-order valence-electron chi connectivity index (χ4n) is 3.85. The number of aliphatic imine (C=N–C) groups is 1. The normalized spacial score (nSPS) is 16.0. The largest absolute Gasteiger partial charge is 0.475 e. The van der Waals surface area contributed by atoms with Crippen molar-refractivity contribution in [1.29, 1.82) is 0 Å². The molecule has 1 amide bonds. The van der Waals surface area contributed by atoms with E-state index >= 15 is 0 Å². The van der Waals surface area contributed by atoms with Crippen LogP contribution in [0.1, 0.15) is 33.0 Å². The van der Waals surface area contributed by atoms with Crippen LogP contribution in [-0.2, 0) is 11.3 Å². The second kappa shape index (κ2) is 8.72. The van der Waals surface area contributed by atoms with Crippen molar-refractivity contribution in [3.8, 4) is 0 Å². The van der Waals surface area contributed by atoms with Crippen LogP contribution in [0, 0.1) is 13.8 Å². The fourth-order valence-corrected chi connectivity index (χ4v) is 4.68. The van der Waals surface area contributed by atoms with Gasteiger partial charge < -0.3 is 19.4 Å². The Bertz CT molecular complexity index is 1510. The molecule has 4 aromatic rings. The van der Waals surface area contributed by atoms with E-state index in [0.717, 1.165) is 33.3 Å². The monoisotopic (exact) mass is 471 g/mol. The van der Waals surface area contributed by atoms with E-state index in [-0.39, 0.29) is 11.7 Å². The lowest BCUT2D eigenvalue weighted by atomic mass is 10.1. The molecule has 1 fully saturated rings. The third-order valence-electron chi connectivity index (χ3n) is 5.75. The number of hydrogen-bond acceptors (Lipinski definition) is 5. The van der Waals surface area contributed by atoms with Crippen LogP contribution in [0.3, 0.4) is 0 Å². The van der Waals surface area contributed by atoms with Crippen molar-refractivity contribution < 1.29 is 19.1 Å². The van der Waals surface area contributed by atoms with E-state index in [1.807, 2.05) is 73.2 Å². The Morgan fingerprint density at radius 2 is 1.97 bits per heavy atom. The first-order valence-electron chi connectivity index (χ1n) is 10.6. The Kier molecular flexibility index (Phi) is 5.59. The van der Waals surface area contributed by atoms with Gasteiger partial charge in [-0.2, -0.15) is 0 Å². The topological polar surface area (TPSA) is 96.8 Å². The average Bonchev–Trinajstić information content (AvgIpc) is 3.51. The molecule has 1 aliphatic rings. The molecule has 170 valence electrons. The highest BCUT2D eigenvalue weighted by Crippen LogP contribution is 2.32. The summed E-state index contributed by atoms with van der Waals surface area (Å²) in [6, 6.07) is 16.9. The first-order valence-corrected chi connectivity index (χ1v) is 11.5. The van der Waals surface area contributed by atoms with Gasteiger partial charge in [-0.05, 0) is 67.1 Å². The molecule has 0 bridgehead atoms. The first-order chi connectivity index (χ1) is 16.4. The summed E-state index contributed by atoms with van der Waals surface area (Å²) in [5, 5.41) is 13.5. The highest BCUT2D eigenvalue weighted by molar-refractivity contribution is 8.18. The number of carbonyl (C=O) groups excluding carboxylic acids is 1. The molecule has 8 heteroatoms. The lowest BCUT2D eigenvalue weighted by Crippen LogP contribution is -2.19. The molecule has 34 heavy (non-hydrogen) atoms. The van der Waals surface area contributed by atoms with Crippen LogP contribution in [-0.4, -0.2) is 26.7 Å². The number of carboxylic acids is 1. The number of rotatable bonds is 5. The summed E-state index contributed by atoms with van der Waals surface area (Å²) in [5.74, 6) is -0.851. The number of carboxylic acid groups (broad SMARTS) is 1. The maximum absolute atomic E-state index is 12.7. The van der Waals surface area contributed by atoms with Crippen molar-refractivity contribution in [3.05, 3.63) is 93.9 Å². The van der Waals surface area contributed by atoms with Crippen LogP contribution in [0.15, 0.2) is 75.1 Å². The van der Waals surface area contributed by atoms with Gasteiger partial charge in [0.2, 0.25) is 5.76 Å². The van der Waals surface area contributed by atoms with Gasteiger partial charge in [0.15, 0.2) is 5.17 Å².